The standard InChI is InChI=1S/C17H36N2/c1-8-17(9-2)13-18-15(16(5,6)7)12-19(17)11-10-14(3)4/h14-15,18H,8-13H2,1-7H3. The highest BCUT2D eigenvalue weighted by Crippen LogP contribution is 2.32. The summed E-state index contributed by atoms with van der Waals surface area (Å²) in [4.78, 5) is 2.79. The summed E-state index contributed by atoms with van der Waals surface area (Å²) in [6.07, 6.45) is 3.83. The van der Waals surface area contributed by atoms with E-state index < -0.39 is 0 Å². The average molecular weight is 268 g/mol. The minimum atomic E-state index is 0.351. The van der Waals surface area contributed by atoms with Crippen molar-refractivity contribution >= 4 is 0 Å². The van der Waals surface area contributed by atoms with E-state index in [1.165, 1.54) is 32.4 Å². The summed E-state index contributed by atoms with van der Waals surface area (Å²) in [5, 5.41) is 3.83. The molecule has 19 heavy (non-hydrogen) atoms. The van der Waals surface area contributed by atoms with Gasteiger partial charge in [-0.2, -0.15) is 0 Å². The molecule has 0 aromatic carbocycles. The van der Waals surface area contributed by atoms with Gasteiger partial charge in [0, 0.05) is 24.7 Å². The fraction of sp³-hybridized carbons (Fsp3) is 1.00. The molecule has 1 aliphatic heterocycles. The molecule has 1 atom stereocenters. The van der Waals surface area contributed by atoms with Crippen molar-refractivity contribution in [2.24, 2.45) is 11.3 Å². The summed E-state index contributed by atoms with van der Waals surface area (Å²) < 4.78 is 0. The molecule has 0 bridgehead atoms. The molecule has 1 N–H and O–H groups in total. The zero-order chi connectivity index (χ0) is 14.7. The number of hydrogen-bond acceptors (Lipinski definition) is 2. The second kappa shape index (κ2) is 6.58. The minimum Gasteiger partial charge on any atom is -0.310 e. The molecule has 114 valence electrons. The molecule has 1 unspecified atom stereocenters. The number of rotatable bonds is 5. The van der Waals surface area contributed by atoms with Crippen LogP contribution >= 0.6 is 0 Å². The van der Waals surface area contributed by atoms with Gasteiger partial charge in [-0.05, 0) is 37.1 Å². The van der Waals surface area contributed by atoms with Gasteiger partial charge >= 0.3 is 0 Å². The predicted molar refractivity (Wildman–Crippen MR) is 85.6 cm³/mol. The molecule has 0 radical (unpaired) electrons. The Labute approximate surface area is 121 Å². The van der Waals surface area contributed by atoms with Gasteiger partial charge in [-0.3, -0.25) is 4.90 Å². The lowest BCUT2D eigenvalue weighted by molar-refractivity contribution is 0.00498. The van der Waals surface area contributed by atoms with Gasteiger partial charge in [0.15, 0.2) is 0 Å². The second-order valence-corrected chi connectivity index (χ2v) is 7.86. The number of hydrogen-bond donors (Lipinski definition) is 1. The zero-order valence-electron chi connectivity index (χ0n) is 14.3. The Hall–Kier alpha value is -0.0800. The van der Waals surface area contributed by atoms with Gasteiger partial charge in [0.25, 0.3) is 0 Å². The summed E-state index contributed by atoms with van der Waals surface area (Å²) in [7, 11) is 0. The van der Waals surface area contributed by atoms with E-state index in [1.54, 1.807) is 0 Å². The summed E-state index contributed by atoms with van der Waals surface area (Å²) in [6.45, 7) is 20.1. The Balaban J connectivity index is 2.80. The fourth-order valence-electron chi connectivity index (χ4n) is 3.17. The lowest BCUT2D eigenvalue weighted by Gasteiger charge is -2.52. The average Bonchev–Trinajstić information content (AvgIpc) is 2.34. The van der Waals surface area contributed by atoms with Gasteiger partial charge in [-0.1, -0.05) is 48.5 Å². The number of piperazine rings is 1. The highest BCUT2D eigenvalue weighted by molar-refractivity contribution is 5.00. The Morgan fingerprint density at radius 1 is 1.21 bits per heavy atom. The third-order valence-electron chi connectivity index (χ3n) is 5.09. The molecule has 0 aromatic heterocycles. The summed E-state index contributed by atoms with van der Waals surface area (Å²) >= 11 is 0. The number of nitrogens with zero attached hydrogens (tertiary/aromatic N) is 1. The molecule has 0 amide bonds. The first-order valence-corrected chi connectivity index (χ1v) is 8.23. The van der Waals surface area contributed by atoms with E-state index in [4.69, 9.17) is 0 Å². The molecule has 0 saturated carbocycles. The third-order valence-corrected chi connectivity index (χ3v) is 5.09. The van der Waals surface area contributed by atoms with Crippen LogP contribution in [0, 0.1) is 11.3 Å². The third kappa shape index (κ3) is 4.19. The predicted octanol–water partition coefficient (Wildman–Crippen LogP) is 3.91. The molecule has 1 fully saturated rings. The monoisotopic (exact) mass is 268 g/mol. The van der Waals surface area contributed by atoms with E-state index in [9.17, 15) is 0 Å². The Kier molecular flexibility index (Phi) is 5.88. The molecular formula is C17H36N2. The maximum atomic E-state index is 3.83. The van der Waals surface area contributed by atoms with Crippen LogP contribution in [0.25, 0.3) is 0 Å². The SMILES string of the molecule is CCC1(CC)CNC(C(C)(C)C)CN1CCC(C)C. The van der Waals surface area contributed by atoms with Gasteiger partial charge in [0.05, 0.1) is 0 Å². The summed E-state index contributed by atoms with van der Waals surface area (Å²) in [5.74, 6) is 0.800. The van der Waals surface area contributed by atoms with Crippen LogP contribution in [-0.2, 0) is 0 Å². The van der Waals surface area contributed by atoms with Crippen molar-refractivity contribution in [2.45, 2.75) is 79.3 Å². The van der Waals surface area contributed by atoms with Crippen LogP contribution in [0.15, 0.2) is 0 Å². The van der Waals surface area contributed by atoms with E-state index in [0.29, 0.717) is 17.0 Å². The molecule has 0 aliphatic carbocycles. The van der Waals surface area contributed by atoms with Crippen LogP contribution in [-0.4, -0.2) is 36.1 Å². The normalized spacial score (nSPS) is 24.9. The molecule has 1 rings (SSSR count). The topological polar surface area (TPSA) is 15.3 Å². The lowest BCUT2D eigenvalue weighted by Crippen LogP contribution is -2.66. The molecule has 0 aromatic rings. The van der Waals surface area contributed by atoms with Crippen molar-refractivity contribution in [1.82, 2.24) is 10.2 Å². The van der Waals surface area contributed by atoms with Crippen molar-refractivity contribution in [3.8, 4) is 0 Å². The first-order chi connectivity index (χ1) is 8.75. The van der Waals surface area contributed by atoms with Crippen LogP contribution in [0.1, 0.15) is 67.7 Å². The van der Waals surface area contributed by atoms with Crippen molar-refractivity contribution in [2.75, 3.05) is 19.6 Å². The first-order valence-electron chi connectivity index (χ1n) is 8.23. The molecule has 1 aliphatic rings. The van der Waals surface area contributed by atoms with Gasteiger partial charge in [-0.15, -0.1) is 0 Å². The Morgan fingerprint density at radius 2 is 1.79 bits per heavy atom. The minimum absolute atomic E-state index is 0.351. The van der Waals surface area contributed by atoms with Crippen molar-refractivity contribution in [3.63, 3.8) is 0 Å². The second-order valence-electron chi connectivity index (χ2n) is 7.86. The van der Waals surface area contributed by atoms with Gasteiger partial charge in [-0.25, -0.2) is 0 Å². The smallest absolute Gasteiger partial charge is 0.0329 e. The van der Waals surface area contributed by atoms with Gasteiger partial charge in [0.1, 0.15) is 0 Å². The summed E-state index contributed by atoms with van der Waals surface area (Å²) in [5.41, 5.74) is 0.736. The van der Waals surface area contributed by atoms with E-state index in [0.717, 1.165) is 12.5 Å². The van der Waals surface area contributed by atoms with Crippen LogP contribution in [0.3, 0.4) is 0 Å². The highest BCUT2D eigenvalue weighted by Gasteiger charge is 2.41. The largest absolute Gasteiger partial charge is 0.310 e. The van der Waals surface area contributed by atoms with Crippen molar-refractivity contribution in [1.29, 1.82) is 0 Å². The van der Waals surface area contributed by atoms with E-state index in [2.05, 4.69) is 58.7 Å². The maximum absolute atomic E-state index is 3.83. The van der Waals surface area contributed by atoms with Crippen LogP contribution in [0.2, 0.25) is 0 Å². The van der Waals surface area contributed by atoms with Crippen molar-refractivity contribution in [3.05, 3.63) is 0 Å². The van der Waals surface area contributed by atoms with Crippen LogP contribution < -0.4 is 5.32 Å². The Bertz CT molecular complexity index is 261. The first kappa shape index (κ1) is 17.0. The van der Waals surface area contributed by atoms with Crippen molar-refractivity contribution < 1.29 is 0 Å². The molecular weight excluding hydrogens is 232 g/mol. The molecule has 1 heterocycles. The zero-order valence-corrected chi connectivity index (χ0v) is 14.3. The quantitative estimate of drug-likeness (QED) is 0.813. The van der Waals surface area contributed by atoms with E-state index in [-0.39, 0.29) is 0 Å². The molecule has 1 saturated heterocycles. The number of nitrogens with one attached hydrogen (secondary N) is 1. The van der Waals surface area contributed by atoms with Crippen LogP contribution in [0.4, 0.5) is 0 Å². The highest BCUT2D eigenvalue weighted by atomic mass is 15.3. The molecule has 2 nitrogen and oxygen atoms in total. The molecule has 0 spiro atoms. The van der Waals surface area contributed by atoms with Gasteiger partial charge < -0.3 is 5.32 Å². The van der Waals surface area contributed by atoms with E-state index in [1.807, 2.05) is 0 Å². The van der Waals surface area contributed by atoms with Crippen LogP contribution in [0.5, 0.6) is 0 Å². The Morgan fingerprint density at radius 3 is 2.21 bits per heavy atom. The summed E-state index contributed by atoms with van der Waals surface area (Å²) in [6, 6.07) is 0.617. The van der Waals surface area contributed by atoms with E-state index >= 15 is 0 Å². The lowest BCUT2D eigenvalue weighted by atomic mass is 9.80. The maximum Gasteiger partial charge on any atom is 0.0329 e. The fourth-order valence-corrected chi connectivity index (χ4v) is 3.17. The molecule has 2 heteroatoms. The van der Waals surface area contributed by atoms with Gasteiger partial charge in [0.2, 0.25) is 0 Å².